The summed E-state index contributed by atoms with van der Waals surface area (Å²) in [6.45, 7) is 8.01. The highest BCUT2D eigenvalue weighted by molar-refractivity contribution is 6.31. The zero-order valence-electron chi connectivity index (χ0n) is 10.9. The Kier molecular flexibility index (Phi) is 5.45. The largest absolute Gasteiger partial charge is 0.379 e. The van der Waals surface area contributed by atoms with Crippen LogP contribution in [-0.4, -0.2) is 44.3 Å². The average Bonchev–Trinajstić information content (AvgIpc) is 2.40. The number of nitrogens with one attached hydrogen (secondary N) is 1. The summed E-state index contributed by atoms with van der Waals surface area (Å²) in [7, 11) is 0. The first-order valence-electron chi connectivity index (χ1n) is 6.55. The lowest BCUT2D eigenvalue weighted by Crippen LogP contribution is -2.40. The summed E-state index contributed by atoms with van der Waals surface area (Å²) >= 11 is 6.18. The predicted octanol–water partition coefficient (Wildman–Crippen LogP) is 2.32. The molecular formula is C14H21ClN2O. The maximum absolute atomic E-state index is 6.18. The molecule has 1 aliphatic heterocycles. The quantitative estimate of drug-likeness (QED) is 0.887. The molecule has 0 unspecified atom stereocenters. The lowest BCUT2D eigenvalue weighted by Gasteiger charge is -2.27. The first-order chi connectivity index (χ1) is 8.77. The van der Waals surface area contributed by atoms with Gasteiger partial charge in [-0.2, -0.15) is 0 Å². The Morgan fingerprint density at radius 2 is 2.06 bits per heavy atom. The maximum Gasteiger partial charge on any atom is 0.0594 e. The van der Waals surface area contributed by atoms with Gasteiger partial charge in [0.2, 0.25) is 0 Å². The molecule has 0 bridgehead atoms. The first-order valence-corrected chi connectivity index (χ1v) is 6.93. The summed E-state index contributed by atoms with van der Waals surface area (Å²) in [5.41, 5.74) is 1.17. The molecule has 1 heterocycles. The molecule has 3 nitrogen and oxygen atoms in total. The van der Waals surface area contributed by atoms with Crippen molar-refractivity contribution in [3.63, 3.8) is 0 Å². The van der Waals surface area contributed by atoms with Crippen molar-refractivity contribution >= 4 is 11.6 Å². The number of ether oxygens (including phenoxy) is 1. The molecule has 1 N–H and O–H groups in total. The molecule has 0 aliphatic carbocycles. The van der Waals surface area contributed by atoms with Crippen molar-refractivity contribution in [3.05, 3.63) is 34.9 Å². The molecule has 0 saturated carbocycles. The van der Waals surface area contributed by atoms with E-state index in [0.29, 0.717) is 6.04 Å². The standard InChI is InChI=1S/C14H21ClN2O/c1-12(13-4-2-3-5-14(13)15)16-6-7-17-8-10-18-11-9-17/h2-5,12,16H,6-11H2,1H3/t12-/m1/s1. The van der Waals surface area contributed by atoms with E-state index in [4.69, 9.17) is 16.3 Å². The minimum atomic E-state index is 0.291. The van der Waals surface area contributed by atoms with E-state index >= 15 is 0 Å². The third-order valence-electron chi connectivity index (χ3n) is 3.35. The van der Waals surface area contributed by atoms with Crippen molar-refractivity contribution in [3.8, 4) is 0 Å². The van der Waals surface area contributed by atoms with Crippen molar-refractivity contribution in [2.75, 3.05) is 39.4 Å². The number of benzene rings is 1. The third-order valence-corrected chi connectivity index (χ3v) is 3.70. The average molecular weight is 269 g/mol. The van der Waals surface area contributed by atoms with Crippen LogP contribution in [0.25, 0.3) is 0 Å². The minimum absolute atomic E-state index is 0.291. The Morgan fingerprint density at radius 3 is 2.78 bits per heavy atom. The molecule has 1 aromatic rings. The zero-order chi connectivity index (χ0) is 12.8. The van der Waals surface area contributed by atoms with Crippen molar-refractivity contribution in [2.45, 2.75) is 13.0 Å². The molecular weight excluding hydrogens is 248 g/mol. The summed E-state index contributed by atoms with van der Waals surface area (Å²) in [5.74, 6) is 0. The number of morpholine rings is 1. The smallest absolute Gasteiger partial charge is 0.0594 e. The van der Waals surface area contributed by atoms with E-state index in [1.165, 1.54) is 5.56 Å². The summed E-state index contributed by atoms with van der Waals surface area (Å²) in [4.78, 5) is 2.43. The van der Waals surface area contributed by atoms with Gasteiger partial charge in [0.1, 0.15) is 0 Å². The first kappa shape index (κ1) is 13.8. The highest BCUT2D eigenvalue weighted by Crippen LogP contribution is 2.21. The predicted molar refractivity (Wildman–Crippen MR) is 75.1 cm³/mol. The van der Waals surface area contributed by atoms with Gasteiger partial charge in [-0.1, -0.05) is 29.8 Å². The van der Waals surface area contributed by atoms with Gasteiger partial charge in [-0.15, -0.1) is 0 Å². The SMILES string of the molecule is C[C@@H](NCCN1CCOCC1)c1ccccc1Cl. The molecule has 0 spiro atoms. The zero-order valence-corrected chi connectivity index (χ0v) is 11.6. The van der Waals surface area contributed by atoms with Crippen molar-refractivity contribution in [1.29, 1.82) is 0 Å². The minimum Gasteiger partial charge on any atom is -0.379 e. The summed E-state index contributed by atoms with van der Waals surface area (Å²) in [5, 5.41) is 4.36. The highest BCUT2D eigenvalue weighted by Gasteiger charge is 2.11. The fourth-order valence-electron chi connectivity index (χ4n) is 2.20. The number of rotatable bonds is 5. The summed E-state index contributed by atoms with van der Waals surface area (Å²) < 4.78 is 5.33. The van der Waals surface area contributed by atoms with Crippen LogP contribution in [0.2, 0.25) is 5.02 Å². The molecule has 100 valence electrons. The lowest BCUT2D eigenvalue weighted by atomic mass is 10.1. The molecule has 2 rings (SSSR count). The fraction of sp³-hybridized carbons (Fsp3) is 0.571. The molecule has 4 heteroatoms. The second-order valence-electron chi connectivity index (χ2n) is 4.65. The van der Waals surface area contributed by atoms with Gasteiger partial charge >= 0.3 is 0 Å². The maximum atomic E-state index is 6.18. The van der Waals surface area contributed by atoms with Crippen molar-refractivity contribution < 1.29 is 4.74 Å². The molecule has 0 radical (unpaired) electrons. The molecule has 0 aromatic heterocycles. The van der Waals surface area contributed by atoms with E-state index in [9.17, 15) is 0 Å². The van der Waals surface area contributed by atoms with Crippen molar-refractivity contribution in [1.82, 2.24) is 10.2 Å². The third kappa shape index (κ3) is 3.95. The number of hydrogen-bond acceptors (Lipinski definition) is 3. The van der Waals surface area contributed by atoms with E-state index in [2.05, 4.69) is 23.2 Å². The van der Waals surface area contributed by atoms with E-state index < -0.39 is 0 Å². The Morgan fingerprint density at radius 1 is 1.33 bits per heavy atom. The van der Waals surface area contributed by atoms with Crippen LogP contribution < -0.4 is 5.32 Å². The number of halogens is 1. The van der Waals surface area contributed by atoms with E-state index in [0.717, 1.165) is 44.4 Å². The van der Waals surface area contributed by atoms with E-state index in [1.54, 1.807) is 0 Å². The van der Waals surface area contributed by atoms with Crippen LogP contribution in [-0.2, 0) is 4.74 Å². The van der Waals surface area contributed by atoms with Crippen LogP contribution in [0.4, 0.5) is 0 Å². The molecule has 1 aromatic carbocycles. The monoisotopic (exact) mass is 268 g/mol. The van der Waals surface area contributed by atoms with Crippen LogP contribution in [0.5, 0.6) is 0 Å². The van der Waals surface area contributed by atoms with E-state index in [1.807, 2.05) is 18.2 Å². The van der Waals surface area contributed by atoms with Gasteiger partial charge in [0, 0.05) is 37.2 Å². The van der Waals surface area contributed by atoms with Gasteiger partial charge in [-0.3, -0.25) is 4.90 Å². The number of nitrogens with zero attached hydrogens (tertiary/aromatic N) is 1. The molecule has 1 aliphatic rings. The topological polar surface area (TPSA) is 24.5 Å². The van der Waals surface area contributed by atoms with Gasteiger partial charge in [-0.25, -0.2) is 0 Å². The summed E-state index contributed by atoms with van der Waals surface area (Å²) in [6, 6.07) is 8.30. The Balaban J connectivity index is 1.74. The Hall–Kier alpha value is -0.610. The van der Waals surface area contributed by atoms with Gasteiger partial charge < -0.3 is 10.1 Å². The molecule has 1 saturated heterocycles. The van der Waals surface area contributed by atoms with Crippen LogP contribution >= 0.6 is 11.6 Å². The van der Waals surface area contributed by atoms with Crippen LogP contribution in [0.15, 0.2) is 24.3 Å². The number of hydrogen-bond donors (Lipinski definition) is 1. The molecule has 1 fully saturated rings. The molecule has 0 amide bonds. The van der Waals surface area contributed by atoms with Crippen LogP contribution in [0.1, 0.15) is 18.5 Å². The lowest BCUT2D eigenvalue weighted by molar-refractivity contribution is 0.0382. The van der Waals surface area contributed by atoms with Crippen molar-refractivity contribution in [2.24, 2.45) is 0 Å². The molecule has 1 atom stereocenters. The normalized spacial score (nSPS) is 18.8. The Labute approximate surface area is 114 Å². The highest BCUT2D eigenvalue weighted by atomic mass is 35.5. The van der Waals surface area contributed by atoms with Gasteiger partial charge in [0.05, 0.1) is 13.2 Å². The second-order valence-corrected chi connectivity index (χ2v) is 5.06. The summed E-state index contributed by atoms with van der Waals surface area (Å²) in [6.07, 6.45) is 0. The Bertz CT molecular complexity index is 367. The second kappa shape index (κ2) is 7.10. The van der Waals surface area contributed by atoms with Gasteiger partial charge in [0.15, 0.2) is 0 Å². The van der Waals surface area contributed by atoms with Crippen LogP contribution in [0, 0.1) is 0 Å². The van der Waals surface area contributed by atoms with E-state index in [-0.39, 0.29) is 0 Å². The van der Waals surface area contributed by atoms with Gasteiger partial charge in [0.25, 0.3) is 0 Å². The van der Waals surface area contributed by atoms with Crippen LogP contribution in [0.3, 0.4) is 0 Å². The molecule has 18 heavy (non-hydrogen) atoms. The fourth-order valence-corrected chi connectivity index (χ4v) is 2.50. The van der Waals surface area contributed by atoms with Gasteiger partial charge in [-0.05, 0) is 18.6 Å².